The fourth-order valence-corrected chi connectivity index (χ4v) is 3.38. The summed E-state index contributed by atoms with van der Waals surface area (Å²) in [5, 5.41) is 0. The molecule has 3 N–H and O–H groups in total. The maximum Gasteiger partial charge on any atom is 0.261 e. The topological polar surface area (TPSA) is 89.3 Å². The van der Waals surface area contributed by atoms with Gasteiger partial charge in [0.05, 0.1) is 10.6 Å². The minimum Gasteiger partial charge on any atom is -0.366 e. The highest BCUT2D eigenvalue weighted by atomic mass is 32.2. The summed E-state index contributed by atoms with van der Waals surface area (Å²) in [6, 6.07) is 9.74. The van der Waals surface area contributed by atoms with E-state index in [2.05, 4.69) is 4.72 Å². The van der Waals surface area contributed by atoms with E-state index < -0.39 is 15.9 Å². The summed E-state index contributed by atoms with van der Waals surface area (Å²) in [5.74, 6) is -0.542. The van der Waals surface area contributed by atoms with Crippen LogP contribution in [0.5, 0.6) is 0 Å². The molecule has 0 aliphatic heterocycles. The monoisotopic (exact) mass is 318 g/mol. The summed E-state index contributed by atoms with van der Waals surface area (Å²) in [4.78, 5) is 11.4. The summed E-state index contributed by atoms with van der Waals surface area (Å²) in [6.07, 6.45) is 0. The van der Waals surface area contributed by atoms with Gasteiger partial charge in [-0.2, -0.15) is 0 Å². The van der Waals surface area contributed by atoms with Gasteiger partial charge in [-0.05, 0) is 56.2 Å². The van der Waals surface area contributed by atoms with E-state index in [0.29, 0.717) is 22.4 Å². The molecule has 0 spiro atoms. The number of rotatable bonds is 4. The van der Waals surface area contributed by atoms with E-state index in [1.807, 2.05) is 6.92 Å². The lowest BCUT2D eigenvalue weighted by Gasteiger charge is -2.14. The van der Waals surface area contributed by atoms with Gasteiger partial charge in [-0.15, -0.1) is 0 Å². The van der Waals surface area contributed by atoms with E-state index in [1.165, 1.54) is 0 Å². The lowest BCUT2D eigenvalue weighted by Crippen LogP contribution is -2.16. The van der Waals surface area contributed by atoms with Crippen molar-refractivity contribution >= 4 is 21.6 Å². The molecule has 0 bridgehead atoms. The molecule has 2 aromatic rings. The Bertz CT molecular complexity index is 802. The minimum atomic E-state index is -3.67. The van der Waals surface area contributed by atoms with Crippen LogP contribution in [-0.2, 0) is 10.0 Å². The van der Waals surface area contributed by atoms with Crippen LogP contribution >= 0.6 is 0 Å². The smallest absolute Gasteiger partial charge is 0.261 e. The third-order valence-corrected chi connectivity index (χ3v) is 4.75. The number of carbonyl (C=O) groups is 1. The average Bonchev–Trinajstić information content (AvgIpc) is 2.43. The van der Waals surface area contributed by atoms with Crippen molar-refractivity contribution in [1.29, 1.82) is 0 Å². The molecule has 0 aromatic heterocycles. The van der Waals surface area contributed by atoms with Crippen molar-refractivity contribution in [3.8, 4) is 0 Å². The van der Waals surface area contributed by atoms with E-state index in [0.717, 1.165) is 5.56 Å². The number of aryl methyl sites for hydroxylation is 3. The number of anilines is 1. The Morgan fingerprint density at radius 1 is 1.00 bits per heavy atom. The molecule has 2 rings (SSSR count). The van der Waals surface area contributed by atoms with Crippen LogP contribution in [-0.4, -0.2) is 14.3 Å². The van der Waals surface area contributed by atoms with E-state index in [-0.39, 0.29) is 4.90 Å². The van der Waals surface area contributed by atoms with Gasteiger partial charge in [0, 0.05) is 5.56 Å². The Kier molecular flexibility index (Phi) is 4.23. The van der Waals surface area contributed by atoms with Gasteiger partial charge in [-0.3, -0.25) is 9.52 Å². The molecule has 0 aliphatic rings. The van der Waals surface area contributed by atoms with E-state index in [9.17, 15) is 13.2 Å². The Labute approximate surface area is 130 Å². The van der Waals surface area contributed by atoms with E-state index in [4.69, 9.17) is 5.73 Å². The standard InChI is InChI=1S/C16H18N2O3S/c1-10-4-6-14(7-5-10)22(20,21)18-15-11(2)8-13(16(17)19)9-12(15)3/h4-9,18H,1-3H3,(H2,17,19). The largest absolute Gasteiger partial charge is 0.366 e. The molecule has 5 nitrogen and oxygen atoms in total. The summed E-state index contributed by atoms with van der Waals surface area (Å²) in [6.45, 7) is 5.35. The summed E-state index contributed by atoms with van der Waals surface area (Å²) >= 11 is 0. The highest BCUT2D eigenvalue weighted by molar-refractivity contribution is 7.92. The molecule has 22 heavy (non-hydrogen) atoms. The molecule has 0 saturated carbocycles. The summed E-state index contributed by atoms with van der Waals surface area (Å²) < 4.78 is 27.4. The number of carbonyl (C=O) groups excluding carboxylic acids is 1. The molecule has 0 fully saturated rings. The van der Waals surface area contributed by atoms with Gasteiger partial charge in [0.15, 0.2) is 0 Å². The zero-order valence-corrected chi connectivity index (χ0v) is 13.5. The molecule has 0 atom stereocenters. The number of primary amides is 1. The lowest BCUT2D eigenvalue weighted by molar-refractivity contribution is 0.1000. The van der Waals surface area contributed by atoms with Crippen LogP contribution in [0.15, 0.2) is 41.3 Å². The van der Waals surface area contributed by atoms with Crippen molar-refractivity contribution < 1.29 is 13.2 Å². The molecule has 2 aromatic carbocycles. The van der Waals surface area contributed by atoms with Gasteiger partial charge in [0.1, 0.15) is 0 Å². The minimum absolute atomic E-state index is 0.191. The fourth-order valence-electron chi connectivity index (χ4n) is 2.18. The molecule has 0 aliphatic carbocycles. The second-order valence-electron chi connectivity index (χ2n) is 5.27. The predicted molar refractivity (Wildman–Crippen MR) is 86.4 cm³/mol. The highest BCUT2D eigenvalue weighted by Crippen LogP contribution is 2.25. The Morgan fingerprint density at radius 2 is 1.50 bits per heavy atom. The summed E-state index contributed by atoms with van der Waals surface area (Å²) in [7, 11) is -3.67. The first-order chi connectivity index (χ1) is 10.2. The molecule has 0 saturated heterocycles. The number of amides is 1. The Balaban J connectivity index is 2.42. The van der Waals surface area contributed by atoms with Crippen LogP contribution in [0.25, 0.3) is 0 Å². The van der Waals surface area contributed by atoms with Crippen molar-refractivity contribution in [1.82, 2.24) is 0 Å². The van der Waals surface area contributed by atoms with Gasteiger partial charge in [-0.25, -0.2) is 8.42 Å². The predicted octanol–water partition coefficient (Wildman–Crippen LogP) is 2.51. The Hall–Kier alpha value is -2.34. The van der Waals surface area contributed by atoms with Crippen LogP contribution in [0, 0.1) is 20.8 Å². The molecule has 0 unspecified atom stereocenters. The second-order valence-corrected chi connectivity index (χ2v) is 6.95. The van der Waals surface area contributed by atoms with Gasteiger partial charge >= 0.3 is 0 Å². The quantitative estimate of drug-likeness (QED) is 0.907. The normalized spacial score (nSPS) is 11.2. The molecule has 116 valence electrons. The van der Waals surface area contributed by atoms with E-state index >= 15 is 0 Å². The number of hydrogen-bond acceptors (Lipinski definition) is 3. The zero-order valence-electron chi connectivity index (χ0n) is 12.7. The first kappa shape index (κ1) is 16.0. The van der Waals surface area contributed by atoms with Crippen molar-refractivity contribution in [2.45, 2.75) is 25.7 Å². The maximum absolute atomic E-state index is 12.4. The number of benzene rings is 2. The van der Waals surface area contributed by atoms with Crippen molar-refractivity contribution in [3.05, 3.63) is 58.7 Å². The maximum atomic E-state index is 12.4. The first-order valence-electron chi connectivity index (χ1n) is 6.71. The molecular formula is C16H18N2O3S. The van der Waals surface area contributed by atoms with Crippen LogP contribution in [0.1, 0.15) is 27.0 Å². The zero-order chi connectivity index (χ0) is 16.5. The van der Waals surface area contributed by atoms with Crippen LogP contribution in [0.2, 0.25) is 0 Å². The number of nitrogens with two attached hydrogens (primary N) is 1. The average molecular weight is 318 g/mol. The third kappa shape index (κ3) is 3.28. The van der Waals surface area contributed by atoms with Gasteiger partial charge in [0.25, 0.3) is 10.0 Å². The van der Waals surface area contributed by atoms with Gasteiger partial charge < -0.3 is 5.73 Å². The molecule has 0 heterocycles. The lowest BCUT2D eigenvalue weighted by atomic mass is 10.0. The fraction of sp³-hybridized carbons (Fsp3) is 0.188. The molecular weight excluding hydrogens is 300 g/mol. The van der Waals surface area contributed by atoms with Gasteiger partial charge in [-0.1, -0.05) is 17.7 Å². The van der Waals surface area contributed by atoms with E-state index in [1.54, 1.807) is 50.2 Å². The Morgan fingerprint density at radius 3 is 1.95 bits per heavy atom. The van der Waals surface area contributed by atoms with Crippen molar-refractivity contribution in [3.63, 3.8) is 0 Å². The number of hydrogen-bond donors (Lipinski definition) is 2. The van der Waals surface area contributed by atoms with Crippen LogP contribution in [0.3, 0.4) is 0 Å². The SMILES string of the molecule is Cc1ccc(S(=O)(=O)Nc2c(C)cc(C(N)=O)cc2C)cc1. The molecule has 1 amide bonds. The third-order valence-electron chi connectivity index (χ3n) is 3.38. The van der Waals surface area contributed by atoms with Crippen molar-refractivity contribution in [2.24, 2.45) is 5.73 Å². The first-order valence-corrected chi connectivity index (χ1v) is 8.19. The van der Waals surface area contributed by atoms with Gasteiger partial charge in [0.2, 0.25) is 5.91 Å². The summed E-state index contributed by atoms with van der Waals surface area (Å²) in [5.41, 5.74) is 8.34. The second kappa shape index (κ2) is 5.81. The van der Waals surface area contributed by atoms with Crippen LogP contribution in [0.4, 0.5) is 5.69 Å². The number of nitrogens with one attached hydrogen (secondary N) is 1. The number of sulfonamides is 1. The highest BCUT2D eigenvalue weighted by Gasteiger charge is 2.17. The van der Waals surface area contributed by atoms with Crippen molar-refractivity contribution in [2.75, 3.05) is 4.72 Å². The molecule has 0 radical (unpaired) electrons. The van der Waals surface area contributed by atoms with Crippen LogP contribution < -0.4 is 10.5 Å². The molecule has 6 heteroatoms.